The van der Waals surface area contributed by atoms with E-state index in [0.717, 1.165) is 0 Å². The average Bonchev–Trinajstić information content (AvgIpc) is 2.21. The van der Waals surface area contributed by atoms with Crippen LogP contribution in [0.1, 0.15) is 31.0 Å². The topological polar surface area (TPSA) is 42.1 Å². The summed E-state index contributed by atoms with van der Waals surface area (Å²) in [6, 6.07) is 2.78. The van der Waals surface area contributed by atoms with Crippen LogP contribution in [0.4, 0.5) is 0 Å². The predicted octanol–water partition coefficient (Wildman–Crippen LogP) is 1.73. The SMILES string of the molecule is Cc1ccncc1C(CN)N(C)C(C)C. The van der Waals surface area contributed by atoms with Crippen molar-refractivity contribution < 1.29 is 0 Å². The molecule has 3 nitrogen and oxygen atoms in total. The van der Waals surface area contributed by atoms with Crippen molar-refractivity contribution in [2.45, 2.75) is 32.9 Å². The molecule has 1 aromatic heterocycles. The van der Waals surface area contributed by atoms with Crippen LogP contribution in [0.25, 0.3) is 0 Å². The number of nitrogens with two attached hydrogens (primary N) is 1. The molecule has 1 unspecified atom stereocenters. The van der Waals surface area contributed by atoms with Crippen molar-refractivity contribution in [1.82, 2.24) is 9.88 Å². The number of rotatable bonds is 4. The molecule has 0 saturated heterocycles. The minimum absolute atomic E-state index is 0.263. The molecule has 0 fully saturated rings. The molecule has 0 radical (unpaired) electrons. The molecule has 15 heavy (non-hydrogen) atoms. The summed E-state index contributed by atoms with van der Waals surface area (Å²) >= 11 is 0. The zero-order chi connectivity index (χ0) is 11.4. The number of hydrogen-bond donors (Lipinski definition) is 1. The zero-order valence-electron chi connectivity index (χ0n) is 10.1. The number of hydrogen-bond acceptors (Lipinski definition) is 3. The van der Waals surface area contributed by atoms with E-state index in [1.807, 2.05) is 18.5 Å². The van der Waals surface area contributed by atoms with E-state index in [2.05, 4.69) is 37.7 Å². The van der Waals surface area contributed by atoms with Gasteiger partial charge in [-0.15, -0.1) is 0 Å². The Labute approximate surface area is 92.3 Å². The second kappa shape index (κ2) is 5.24. The normalized spacial score (nSPS) is 13.5. The van der Waals surface area contributed by atoms with Crippen molar-refractivity contribution in [3.8, 4) is 0 Å². The molecule has 1 rings (SSSR count). The standard InChI is InChI=1S/C12H21N3/c1-9(2)15(4)12(7-13)11-8-14-6-5-10(11)3/h5-6,8-9,12H,7,13H2,1-4H3. The van der Waals surface area contributed by atoms with E-state index < -0.39 is 0 Å². The molecule has 0 amide bonds. The molecule has 0 spiro atoms. The van der Waals surface area contributed by atoms with Crippen molar-refractivity contribution >= 4 is 0 Å². The molecule has 1 atom stereocenters. The first-order chi connectivity index (χ1) is 7.07. The highest BCUT2D eigenvalue weighted by Gasteiger charge is 2.19. The minimum atomic E-state index is 0.263. The summed E-state index contributed by atoms with van der Waals surface area (Å²) in [7, 11) is 2.11. The number of pyridine rings is 1. The van der Waals surface area contributed by atoms with Crippen molar-refractivity contribution in [2.75, 3.05) is 13.6 Å². The molecule has 1 heterocycles. The number of aromatic nitrogens is 1. The Morgan fingerprint density at radius 3 is 2.60 bits per heavy atom. The van der Waals surface area contributed by atoms with Gasteiger partial charge in [0.15, 0.2) is 0 Å². The maximum Gasteiger partial charge on any atom is 0.0487 e. The quantitative estimate of drug-likeness (QED) is 0.817. The van der Waals surface area contributed by atoms with Crippen LogP contribution in [-0.4, -0.2) is 29.5 Å². The second-order valence-electron chi connectivity index (χ2n) is 4.24. The van der Waals surface area contributed by atoms with E-state index >= 15 is 0 Å². The maximum absolute atomic E-state index is 5.84. The molecule has 3 heteroatoms. The Morgan fingerprint density at radius 2 is 2.13 bits per heavy atom. The highest BCUT2D eigenvalue weighted by Crippen LogP contribution is 2.22. The predicted molar refractivity (Wildman–Crippen MR) is 63.7 cm³/mol. The summed E-state index contributed by atoms with van der Waals surface area (Å²) in [5.74, 6) is 0. The lowest BCUT2D eigenvalue weighted by atomic mass is 10.0. The molecular formula is C12H21N3. The lowest BCUT2D eigenvalue weighted by molar-refractivity contribution is 0.200. The molecule has 0 aliphatic rings. The van der Waals surface area contributed by atoms with Gasteiger partial charge in [0.1, 0.15) is 0 Å². The fourth-order valence-electron chi connectivity index (χ4n) is 1.70. The third-order valence-electron chi connectivity index (χ3n) is 2.97. The monoisotopic (exact) mass is 207 g/mol. The Hall–Kier alpha value is -0.930. The fraction of sp³-hybridized carbons (Fsp3) is 0.583. The first-order valence-corrected chi connectivity index (χ1v) is 5.40. The Bertz CT molecular complexity index is 309. The lowest BCUT2D eigenvalue weighted by Crippen LogP contribution is -2.35. The molecule has 84 valence electrons. The summed E-state index contributed by atoms with van der Waals surface area (Å²) in [6.45, 7) is 7.08. The first-order valence-electron chi connectivity index (χ1n) is 5.40. The summed E-state index contributed by atoms with van der Waals surface area (Å²) in [5, 5.41) is 0. The molecular weight excluding hydrogens is 186 g/mol. The number of aryl methyl sites for hydroxylation is 1. The molecule has 0 saturated carbocycles. The van der Waals surface area contributed by atoms with Crippen molar-refractivity contribution in [2.24, 2.45) is 5.73 Å². The van der Waals surface area contributed by atoms with Crippen LogP contribution >= 0.6 is 0 Å². The molecule has 2 N–H and O–H groups in total. The molecule has 1 aromatic rings. The van der Waals surface area contributed by atoms with Crippen LogP contribution in [0.3, 0.4) is 0 Å². The van der Waals surface area contributed by atoms with Crippen molar-refractivity contribution in [3.05, 3.63) is 29.6 Å². The second-order valence-corrected chi connectivity index (χ2v) is 4.24. The average molecular weight is 207 g/mol. The maximum atomic E-state index is 5.84. The Balaban J connectivity index is 2.97. The van der Waals surface area contributed by atoms with E-state index in [4.69, 9.17) is 5.73 Å². The lowest BCUT2D eigenvalue weighted by Gasteiger charge is -2.31. The molecule has 0 aliphatic carbocycles. The van der Waals surface area contributed by atoms with E-state index in [9.17, 15) is 0 Å². The Morgan fingerprint density at radius 1 is 1.47 bits per heavy atom. The van der Waals surface area contributed by atoms with Gasteiger partial charge in [-0.05, 0) is 45.0 Å². The van der Waals surface area contributed by atoms with Gasteiger partial charge in [-0.1, -0.05) is 0 Å². The van der Waals surface area contributed by atoms with E-state index in [-0.39, 0.29) is 6.04 Å². The largest absolute Gasteiger partial charge is 0.329 e. The van der Waals surface area contributed by atoms with Crippen molar-refractivity contribution in [1.29, 1.82) is 0 Å². The minimum Gasteiger partial charge on any atom is -0.329 e. The number of nitrogens with zero attached hydrogens (tertiary/aromatic N) is 2. The van der Waals surface area contributed by atoms with Gasteiger partial charge in [0.25, 0.3) is 0 Å². The smallest absolute Gasteiger partial charge is 0.0487 e. The van der Waals surface area contributed by atoms with Gasteiger partial charge in [-0.25, -0.2) is 0 Å². The van der Waals surface area contributed by atoms with Gasteiger partial charge in [-0.3, -0.25) is 9.88 Å². The van der Waals surface area contributed by atoms with Crippen LogP contribution < -0.4 is 5.73 Å². The zero-order valence-corrected chi connectivity index (χ0v) is 10.1. The summed E-state index contributed by atoms with van der Waals surface area (Å²) in [6.07, 6.45) is 3.74. The Kier molecular flexibility index (Phi) is 4.24. The van der Waals surface area contributed by atoms with Crippen molar-refractivity contribution in [3.63, 3.8) is 0 Å². The number of likely N-dealkylation sites (N-methyl/N-ethyl adjacent to an activating group) is 1. The van der Waals surface area contributed by atoms with Gasteiger partial charge >= 0.3 is 0 Å². The summed E-state index contributed by atoms with van der Waals surface area (Å²) in [5.41, 5.74) is 8.33. The van der Waals surface area contributed by atoms with Crippen LogP contribution in [0.5, 0.6) is 0 Å². The molecule has 0 aromatic carbocycles. The van der Waals surface area contributed by atoms with Gasteiger partial charge in [0.2, 0.25) is 0 Å². The van der Waals surface area contributed by atoms with E-state index in [1.54, 1.807) is 0 Å². The van der Waals surface area contributed by atoms with Crippen LogP contribution in [-0.2, 0) is 0 Å². The highest BCUT2D eigenvalue weighted by molar-refractivity contribution is 5.25. The molecule has 0 aliphatic heterocycles. The van der Waals surface area contributed by atoms with Crippen LogP contribution in [0, 0.1) is 6.92 Å². The third kappa shape index (κ3) is 2.76. The van der Waals surface area contributed by atoms with E-state index in [1.165, 1.54) is 11.1 Å². The highest BCUT2D eigenvalue weighted by atomic mass is 15.2. The van der Waals surface area contributed by atoms with E-state index in [0.29, 0.717) is 12.6 Å². The first kappa shape index (κ1) is 12.1. The van der Waals surface area contributed by atoms with Gasteiger partial charge < -0.3 is 5.73 Å². The van der Waals surface area contributed by atoms with Gasteiger partial charge in [-0.2, -0.15) is 0 Å². The fourth-order valence-corrected chi connectivity index (χ4v) is 1.70. The van der Waals surface area contributed by atoms with Crippen LogP contribution in [0.15, 0.2) is 18.5 Å². The van der Waals surface area contributed by atoms with Gasteiger partial charge in [0.05, 0.1) is 0 Å². The van der Waals surface area contributed by atoms with Gasteiger partial charge in [0, 0.05) is 31.0 Å². The summed E-state index contributed by atoms with van der Waals surface area (Å²) < 4.78 is 0. The summed E-state index contributed by atoms with van der Waals surface area (Å²) in [4.78, 5) is 6.46. The molecule has 0 bridgehead atoms. The van der Waals surface area contributed by atoms with Crippen LogP contribution in [0.2, 0.25) is 0 Å². The third-order valence-corrected chi connectivity index (χ3v) is 2.97.